The predicted octanol–water partition coefficient (Wildman–Crippen LogP) is 3.76. The monoisotopic (exact) mass is 256 g/mol. The highest BCUT2D eigenvalue weighted by Gasteiger charge is 2.14. The first kappa shape index (κ1) is 12.7. The molecule has 1 saturated heterocycles. The fraction of sp³-hybridized carbons (Fsp3) is 0.529. The van der Waals surface area contributed by atoms with Crippen molar-refractivity contribution in [2.75, 3.05) is 19.6 Å². The van der Waals surface area contributed by atoms with Gasteiger partial charge in [0.2, 0.25) is 0 Å². The number of rotatable bonds is 4. The van der Waals surface area contributed by atoms with E-state index in [4.69, 9.17) is 0 Å². The predicted molar refractivity (Wildman–Crippen MR) is 81.4 cm³/mol. The van der Waals surface area contributed by atoms with Crippen molar-refractivity contribution in [3.63, 3.8) is 0 Å². The second-order valence-electron chi connectivity index (χ2n) is 5.95. The zero-order valence-electron chi connectivity index (χ0n) is 11.9. The summed E-state index contributed by atoms with van der Waals surface area (Å²) < 4.78 is 2.39. The number of likely N-dealkylation sites (tertiary alicyclic amines) is 1. The van der Waals surface area contributed by atoms with Crippen LogP contribution in [0.5, 0.6) is 0 Å². The molecule has 1 fully saturated rings. The maximum Gasteiger partial charge on any atom is 0.0480 e. The summed E-state index contributed by atoms with van der Waals surface area (Å²) in [6.07, 6.45) is 6.24. The molecule has 3 rings (SSSR count). The Morgan fingerprint density at radius 2 is 1.84 bits per heavy atom. The Morgan fingerprint density at radius 1 is 1.05 bits per heavy atom. The third kappa shape index (κ3) is 3.01. The molecule has 0 atom stereocenters. The molecule has 0 amide bonds. The van der Waals surface area contributed by atoms with Crippen LogP contribution in [0.1, 0.15) is 26.2 Å². The quantitative estimate of drug-likeness (QED) is 0.808. The van der Waals surface area contributed by atoms with E-state index in [-0.39, 0.29) is 0 Å². The van der Waals surface area contributed by atoms with Gasteiger partial charge in [0.15, 0.2) is 0 Å². The Kier molecular flexibility index (Phi) is 3.88. The molecule has 1 aromatic heterocycles. The number of aryl methyl sites for hydroxylation is 1. The number of piperidine rings is 1. The standard InChI is InChI=1S/C17H24N2/c1-15-7-12-18(13-8-15)10-4-11-19-14-9-16-5-2-3-6-17(16)19/h2-3,5-6,9,14-15H,4,7-8,10-13H2,1H3. The van der Waals surface area contributed by atoms with Gasteiger partial charge in [0.05, 0.1) is 0 Å². The van der Waals surface area contributed by atoms with E-state index in [0.717, 1.165) is 12.5 Å². The molecular formula is C17H24N2. The molecule has 2 aromatic rings. The lowest BCUT2D eigenvalue weighted by atomic mass is 9.99. The van der Waals surface area contributed by atoms with Gasteiger partial charge in [0.25, 0.3) is 0 Å². The zero-order valence-corrected chi connectivity index (χ0v) is 11.9. The highest BCUT2D eigenvalue weighted by atomic mass is 15.1. The van der Waals surface area contributed by atoms with E-state index in [1.807, 2.05) is 0 Å². The normalized spacial score (nSPS) is 18.2. The highest BCUT2D eigenvalue weighted by molar-refractivity contribution is 5.79. The van der Waals surface area contributed by atoms with Crippen LogP contribution < -0.4 is 0 Å². The highest BCUT2D eigenvalue weighted by Crippen LogP contribution is 2.17. The number of benzene rings is 1. The SMILES string of the molecule is CC1CCN(CCCn2ccc3ccccc32)CC1. The van der Waals surface area contributed by atoms with Crippen molar-refractivity contribution in [3.05, 3.63) is 36.5 Å². The van der Waals surface area contributed by atoms with E-state index in [1.54, 1.807) is 0 Å². The van der Waals surface area contributed by atoms with Gasteiger partial charge in [0, 0.05) is 18.3 Å². The summed E-state index contributed by atoms with van der Waals surface area (Å²) in [5.74, 6) is 0.935. The molecule has 2 nitrogen and oxygen atoms in total. The average molecular weight is 256 g/mol. The molecule has 0 bridgehead atoms. The molecule has 0 N–H and O–H groups in total. The van der Waals surface area contributed by atoms with Crippen LogP contribution in [0.3, 0.4) is 0 Å². The van der Waals surface area contributed by atoms with Crippen LogP contribution in [0.4, 0.5) is 0 Å². The second kappa shape index (κ2) is 5.79. The van der Waals surface area contributed by atoms with Gasteiger partial charge < -0.3 is 9.47 Å². The maximum atomic E-state index is 2.63. The van der Waals surface area contributed by atoms with Crippen molar-refractivity contribution in [2.45, 2.75) is 32.7 Å². The Labute approximate surface area is 116 Å². The number of fused-ring (bicyclic) bond motifs is 1. The minimum atomic E-state index is 0.935. The van der Waals surface area contributed by atoms with Gasteiger partial charge in [-0.15, -0.1) is 0 Å². The lowest BCUT2D eigenvalue weighted by Gasteiger charge is -2.30. The summed E-state index contributed by atoms with van der Waals surface area (Å²) in [5.41, 5.74) is 1.37. The number of aromatic nitrogens is 1. The smallest absolute Gasteiger partial charge is 0.0480 e. The first-order chi connectivity index (χ1) is 9.33. The van der Waals surface area contributed by atoms with Crippen molar-refractivity contribution in [1.29, 1.82) is 0 Å². The van der Waals surface area contributed by atoms with Crippen molar-refractivity contribution in [2.24, 2.45) is 5.92 Å². The molecule has 1 aliphatic rings. The summed E-state index contributed by atoms with van der Waals surface area (Å²) in [4.78, 5) is 2.63. The van der Waals surface area contributed by atoms with Gasteiger partial charge in [-0.2, -0.15) is 0 Å². The minimum absolute atomic E-state index is 0.935. The molecule has 1 aromatic carbocycles. The molecule has 1 aliphatic heterocycles. The van der Waals surface area contributed by atoms with Crippen molar-refractivity contribution in [1.82, 2.24) is 9.47 Å². The third-order valence-electron chi connectivity index (χ3n) is 4.43. The summed E-state index contributed by atoms with van der Waals surface area (Å²) in [6.45, 7) is 7.36. The summed E-state index contributed by atoms with van der Waals surface area (Å²) >= 11 is 0. The van der Waals surface area contributed by atoms with Crippen LogP contribution in [0.2, 0.25) is 0 Å². The number of nitrogens with zero attached hydrogens (tertiary/aromatic N) is 2. The van der Waals surface area contributed by atoms with Gasteiger partial charge in [-0.3, -0.25) is 0 Å². The van der Waals surface area contributed by atoms with Crippen molar-refractivity contribution < 1.29 is 0 Å². The zero-order chi connectivity index (χ0) is 13.1. The topological polar surface area (TPSA) is 8.17 Å². The van der Waals surface area contributed by atoms with Crippen molar-refractivity contribution >= 4 is 10.9 Å². The van der Waals surface area contributed by atoms with Gasteiger partial charge in [-0.25, -0.2) is 0 Å². The summed E-state index contributed by atoms with van der Waals surface area (Å²) in [7, 11) is 0. The average Bonchev–Trinajstić information content (AvgIpc) is 2.85. The molecule has 0 radical (unpaired) electrons. The Hall–Kier alpha value is -1.28. The largest absolute Gasteiger partial charge is 0.347 e. The van der Waals surface area contributed by atoms with Gasteiger partial charge in [0.1, 0.15) is 0 Å². The van der Waals surface area contributed by atoms with Crippen LogP contribution in [-0.2, 0) is 6.54 Å². The van der Waals surface area contributed by atoms with E-state index in [2.05, 4.69) is 52.9 Å². The van der Waals surface area contributed by atoms with Crippen LogP contribution in [-0.4, -0.2) is 29.1 Å². The third-order valence-corrected chi connectivity index (χ3v) is 4.43. The fourth-order valence-corrected chi connectivity index (χ4v) is 3.09. The van der Waals surface area contributed by atoms with E-state index in [0.29, 0.717) is 0 Å². The van der Waals surface area contributed by atoms with Crippen LogP contribution in [0.25, 0.3) is 10.9 Å². The molecule has 0 unspecified atom stereocenters. The molecule has 0 spiro atoms. The molecule has 2 heteroatoms. The maximum absolute atomic E-state index is 2.63. The molecule has 0 saturated carbocycles. The summed E-state index contributed by atoms with van der Waals surface area (Å²) in [5, 5.41) is 1.36. The first-order valence-corrected chi connectivity index (χ1v) is 7.59. The van der Waals surface area contributed by atoms with E-state index in [9.17, 15) is 0 Å². The van der Waals surface area contributed by atoms with Gasteiger partial charge >= 0.3 is 0 Å². The van der Waals surface area contributed by atoms with E-state index in [1.165, 1.54) is 49.8 Å². The Balaban J connectivity index is 1.52. The van der Waals surface area contributed by atoms with Crippen LogP contribution >= 0.6 is 0 Å². The van der Waals surface area contributed by atoms with Gasteiger partial charge in [-0.1, -0.05) is 25.1 Å². The Morgan fingerprint density at radius 3 is 2.68 bits per heavy atom. The molecule has 0 aliphatic carbocycles. The molecule has 2 heterocycles. The van der Waals surface area contributed by atoms with Gasteiger partial charge in [-0.05, 0) is 62.3 Å². The van der Waals surface area contributed by atoms with Crippen LogP contribution in [0, 0.1) is 5.92 Å². The van der Waals surface area contributed by atoms with Crippen LogP contribution in [0.15, 0.2) is 36.5 Å². The second-order valence-corrected chi connectivity index (χ2v) is 5.95. The summed E-state index contributed by atoms with van der Waals surface area (Å²) in [6, 6.07) is 10.9. The van der Waals surface area contributed by atoms with E-state index >= 15 is 0 Å². The van der Waals surface area contributed by atoms with Crippen molar-refractivity contribution in [3.8, 4) is 0 Å². The number of para-hydroxylation sites is 1. The van der Waals surface area contributed by atoms with E-state index < -0.39 is 0 Å². The fourth-order valence-electron chi connectivity index (χ4n) is 3.09. The molecule has 19 heavy (non-hydrogen) atoms. The lowest BCUT2D eigenvalue weighted by molar-refractivity contribution is 0.188. The molecular weight excluding hydrogens is 232 g/mol. The number of hydrogen-bond donors (Lipinski definition) is 0. The lowest BCUT2D eigenvalue weighted by Crippen LogP contribution is -2.33. The number of hydrogen-bond acceptors (Lipinski definition) is 1. The minimum Gasteiger partial charge on any atom is -0.347 e. The Bertz CT molecular complexity index is 521. The first-order valence-electron chi connectivity index (χ1n) is 7.59. The molecule has 102 valence electrons.